The van der Waals surface area contributed by atoms with Crippen molar-refractivity contribution in [1.82, 2.24) is 5.32 Å². The first kappa shape index (κ1) is 11.7. The van der Waals surface area contributed by atoms with Gasteiger partial charge in [-0.15, -0.1) is 11.6 Å². The third kappa shape index (κ3) is 2.66. The lowest BCUT2D eigenvalue weighted by molar-refractivity contribution is -0.121. The minimum absolute atomic E-state index is 0.118. The summed E-state index contributed by atoms with van der Waals surface area (Å²) in [7, 11) is 0. The van der Waals surface area contributed by atoms with E-state index in [0.717, 1.165) is 12.8 Å². The van der Waals surface area contributed by atoms with Crippen LogP contribution in [0.4, 0.5) is 4.39 Å². The van der Waals surface area contributed by atoms with E-state index >= 15 is 0 Å². The number of amides is 1. The predicted octanol–water partition coefficient (Wildman–Crippen LogP) is 3.04. The average Bonchev–Trinajstić information content (AvgIpc) is 3.04. The molecular weight excluding hydrogens is 252 g/mol. The number of benzene rings is 1. The Balaban J connectivity index is 2.14. The molecule has 1 unspecified atom stereocenters. The molecule has 0 aliphatic heterocycles. The van der Waals surface area contributed by atoms with Gasteiger partial charge in [0.15, 0.2) is 0 Å². The first-order chi connectivity index (χ1) is 7.58. The molecule has 1 fully saturated rings. The Kier molecular flexibility index (Phi) is 3.36. The van der Waals surface area contributed by atoms with E-state index in [9.17, 15) is 9.18 Å². The normalized spacial score (nSPS) is 16.9. The maximum Gasteiger partial charge on any atom is 0.242 e. The molecule has 0 saturated heterocycles. The SMILES string of the molecule is O=C(NC1CC1)C(Cl)c1cc(Cl)ccc1F. The van der Waals surface area contributed by atoms with Crippen LogP contribution in [0.15, 0.2) is 18.2 Å². The highest BCUT2D eigenvalue weighted by atomic mass is 35.5. The van der Waals surface area contributed by atoms with Crippen LogP contribution in [0.25, 0.3) is 0 Å². The van der Waals surface area contributed by atoms with E-state index in [4.69, 9.17) is 23.2 Å². The van der Waals surface area contributed by atoms with E-state index < -0.39 is 11.2 Å². The molecule has 0 bridgehead atoms. The molecule has 1 amide bonds. The fourth-order valence-corrected chi connectivity index (χ4v) is 1.76. The summed E-state index contributed by atoms with van der Waals surface area (Å²) >= 11 is 11.6. The Morgan fingerprint density at radius 1 is 1.50 bits per heavy atom. The summed E-state index contributed by atoms with van der Waals surface area (Å²) in [6.45, 7) is 0. The van der Waals surface area contributed by atoms with Gasteiger partial charge in [-0.25, -0.2) is 4.39 Å². The van der Waals surface area contributed by atoms with Crippen molar-refractivity contribution in [1.29, 1.82) is 0 Å². The zero-order valence-corrected chi connectivity index (χ0v) is 9.85. The van der Waals surface area contributed by atoms with Gasteiger partial charge in [-0.05, 0) is 31.0 Å². The van der Waals surface area contributed by atoms with Crippen LogP contribution in [0, 0.1) is 5.82 Å². The maximum absolute atomic E-state index is 13.4. The van der Waals surface area contributed by atoms with Crippen LogP contribution in [0.5, 0.6) is 0 Å². The van der Waals surface area contributed by atoms with Crippen molar-refractivity contribution in [2.75, 3.05) is 0 Å². The van der Waals surface area contributed by atoms with Crippen LogP contribution in [-0.2, 0) is 4.79 Å². The third-order valence-corrected chi connectivity index (χ3v) is 3.05. The molecule has 1 aliphatic rings. The van der Waals surface area contributed by atoms with Crippen molar-refractivity contribution in [2.45, 2.75) is 24.3 Å². The van der Waals surface area contributed by atoms with E-state index in [0.29, 0.717) is 5.02 Å². The molecule has 86 valence electrons. The van der Waals surface area contributed by atoms with Crippen LogP contribution in [0.2, 0.25) is 5.02 Å². The van der Waals surface area contributed by atoms with Crippen molar-refractivity contribution in [2.24, 2.45) is 0 Å². The second kappa shape index (κ2) is 4.60. The second-order valence-corrected chi connectivity index (χ2v) is 4.68. The van der Waals surface area contributed by atoms with Crippen LogP contribution >= 0.6 is 23.2 Å². The van der Waals surface area contributed by atoms with Crippen molar-refractivity contribution in [3.8, 4) is 0 Å². The summed E-state index contributed by atoms with van der Waals surface area (Å²) in [6.07, 6.45) is 1.93. The number of alkyl halides is 1. The van der Waals surface area contributed by atoms with Crippen LogP contribution < -0.4 is 5.32 Å². The molecule has 16 heavy (non-hydrogen) atoms. The van der Waals surface area contributed by atoms with Crippen molar-refractivity contribution < 1.29 is 9.18 Å². The molecule has 0 radical (unpaired) electrons. The summed E-state index contributed by atoms with van der Waals surface area (Å²) in [5.41, 5.74) is 0.118. The van der Waals surface area contributed by atoms with Crippen LogP contribution in [-0.4, -0.2) is 11.9 Å². The Bertz CT molecular complexity index is 420. The van der Waals surface area contributed by atoms with Crippen LogP contribution in [0.1, 0.15) is 23.8 Å². The number of rotatable bonds is 3. The Hall–Kier alpha value is -0.800. The minimum Gasteiger partial charge on any atom is -0.352 e. The third-order valence-electron chi connectivity index (χ3n) is 2.39. The number of hydrogen-bond acceptors (Lipinski definition) is 1. The van der Waals surface area contributed by atoms with E-state index in [-0.39, 0.29) is 17.5 Å². The lowest BCUT2D eigenvalue weighted by atomic mass is 10.1. The van der Waals surface area contributed by atoms with Gasteiger partial charge in [0.1, 0.15) is 11.2 Å². The lowest BCUT2D eigenvalue weighted by Crippen LogP contribution is -2.29. The number of halogens is 3. The Morgan fingerprint density at radius 2 is 2.19 bits per heavy atom. The molecule has 1 aromatic carbocycles. The monoisotopic (exact) mass is 261 g/mol. The first-order valence-electron chi connectivity index (χ1n) is 4.97. The first-order valence-corrected chi connectivity index (χ1v) is 5.79. The predicted molar refractivity (Wildman–Crippen MR) is 61.2 cm³/mol. The fraction of sp³-hybridized carbons (Fsp3) is 0.364. The largest absolute Gasteiger partial charge is 0.352 e. The van der Waals surface area contributed by atoms with Gasteiger partial charge in [-0.3, -0.25) is 4.79 Å². The number of hydrogen-bond donors (Lipinski definition) is 1. The van der Waals surface area contributed by atoms with Gasteiger partial charge < -0.3 is 5.32 Å². The highest BCUT2D eigenvalue weighted by Crippen LogP contribution is 2.28. The Morgan fingerprint density at radius 3 is 2.81 bits per heavy atom. The number of carbonyl (C=O) groups is 1. The molecule has 1 aromatic rings. The molecule has 1 saturated carbocycles. The molecular formula is C11H10Cl2FNO. The van der Waals surface area contributed by atoms with Gasteiger partial charge >= 0.3 is 0 Å². The molecule has 0 spiro atoms. The average molecular weight is 262 g/mol. The van der Waals surface area contributed by atoms with E-state index in [1.807, 2.05) is 0 Å². The summed E-state index contributed by atoms with van der Waals surface area (Å²) < 4.78 is 13.4. The molecule has 2 nitrogen and oxygen atoms in total. The van der Waals surface area contributed by atoms with Crippen molar-refractivity contribution in [3.05, 3.63) is 34.6 Å². The summed E-state index contributed by atoms with van der Waals surface area (Å²) in [5.74, 6) is -0.888. The van der Waals surface area contributed by atoms with E-state index in [1.54, 1.807) is 0 Å². The standard InChI is InChI=1S/C11H10Cl2FNO/c12-6-1-4-9(14)8(5-6)10(13)11(16)15-7-2-3-7/h1,4-5,7,10H,2-3H2,(H,15,16). The molecule has 1 atom stereocenters. The van der Waals surface area contributed by atoms with Crippen LogP contribution in [0.3, 0.4) is 0 Å². The van der Waals surface area contributed by atoms with Gasteiger partial charge in [-0.2, -0.15) is 0 Å². The summed E-state index contributed by atoms with van der Waals surface area (Å²) in [5, 5.41) is 2.05. The second-order valence-electron chi connectivity index (χ2n) is 3.81. The lowest BCUT2D eigenvalue weighted by Gasteiger charge is -2.11. The topological polar surface area (TPSA) is 29.1 Å². The molecule has 0 heterocycles. The number of nitrogens with one attached hydrogen (secondary N) is 1. The highest BCUT2D eigenvalue weighted by Gasteiger charge is 2.28. The minimum atomic E-state index is -1.03. The van der Waals surface area contributed by atoms with Crippen molar-refractivity contribution in [3.63, 3.8) is 0 Å². The van der Waals surface area contributed by atoms with Gasteiger partial charge in [-0.1, -0.05) is 11.6 Å². The number of carbonyl (C=O) groups excluding carboxylic acids is 1. The zero-order valence-electron chi connectivity index (χ0n) is 8.34. The van der Waals surface area contributed by atoms with Gasteiger partial charge in [0, 0.05) is 16.6 Å². The molecule has 1 aliphatic carbocycles. The van der Waals surface area contributed by atoms with Gasteiger partial charge in [0.25, 0.3) is 0 Å². The molecule has 0 aromatic heterocycles. The zero-order chi connectivity index (χ0) is 11.7. The van der Waals surface area contributed by atoms with Crippen molar-refractivity contribution >= 4 is 29.1 Å². The maximum atomic E-state index is 13.4. The summed E-state index contributed by atoms with van der Waals surface area (Å²) in [6, 6.07) is 4.21. The van der Waals surface area contributed by atoms with Gasteiger partial charge in [0.05, 0.1) is 0 Å². The van der Waals surface area contributed by atoms with E-state index in [2.05, 4.69) is 5.32 Å². The smallest absolute Gasteiger partial charge is 0.242 e. The Labute approximate surface area is 103 Å². The fourth-order valence-electron chi connectivity index (χ4n) is 1.35. The van der Waals surface area contributed by atoms with E-state index in [1.165, 1.54) is 18.2 Å². The molecule has 5 heteroatoms. The van der Waals surface area contributed by atoms with Gasteiger partial charge in [0.2, 0.25) is 5.91 Å². The highest BCUT2D eigenvalue weighted by molar-refractivity contribution is 6.32. The molecule has 1 N–H and O–H groups in total. The summed E-state index contributed by atoms with van der Waals surface area (Å²) in [4.78, 5) is 11.6. The molecule has 2 rings (SSSR count). The quantitative estimate of drug-likeness (QED) is 0.833.